The van der Waals surface area contributed by atoms with Crippen molar-refractivity contribution in [2.75, 3.05) is 31.7 Å². The maximum Gasteiger partial charge on any atom is 0.258 e. The van der Waals surface area contributed by atoms with Gasteiger partial charge in [-0.15, -0.1) is 0 Å². The zero-order valence-corrected chi connectivity index (χ0v) is 18.9. The third-order valence-electron chi connectivity index (χ3n) is 6.01. The number of nitrogens with one attached hydrogen (secondary N) is 1. The molecule has 1 atom stereocenters. The number of aromatic nitrogens is 2. The number of amides is 2. The summed E-state index contributed by atoms with van der Waals surface area (Å²) in [5, 5.41) is 0.502. The second-order valence-electron chi connectivity index (χ2n) is 8.21. The number of nitrogens with zero attached hydrogens (tertiary/aromatic N) is 3. The number of rotatable bonds is 8. The van der Waals surface area contributed by atoms with Crippen LogP contribution in [0.3, 0.4) is 0 Å². The number of aryl methyl sites for hydroxylation is 1. The number of carbonyl (C=O) groups is 2. The highest BCUT2D eigenvalue weighted by atomic mass is 16.5. The highest BCUT2D eigenvalue weighted by Gasteiger charge is 2.37. The van der Waals surface area contributed by atoms with E-state index in [1.807, 2.05) is 30.3 Å². The number of benzene rings is 2. The Hall–Kier alpha value is -3.52. The van der Waals surface area contributed by atoms with Crippen molar-refractivity contribution in [1.29, 1.82) is 0 Å². The van der Waals surface area contributed by atoms with Crippen molar-refractivity contribution < 1.29 is 14.3 Å². The maximum absolute atomic E-state index is 13.4. The van der Waals surface area contributed by atoms with Crippen molar-refractivity contribution in [3.63, 3.8) is 0 Å². The largest absolute Gasteiger partial charge is 0.383 e. The molecule has 4 rings (SSSR count). The van der Waals surface area contributed by atoms with Crippen molar-refractivity contribution in [2.45, 2.75) is 26.3 Å². The Morgan fingerprint density at radius 1 is 1.18 bits per heavy atom. The summed E-state index contributed by atoms with van der Waals surface area (Å²) in [7, 11) is 1.57. The highest BCUT2D eigenvalue weighted by molar-refractivity contribution is 6.00. The number of ether oxygens (including phenoxy) is 1. The average molecular weight is 449 g/mol. The van der Waals surface area contributed by atoms with E-state index in [1.54, 1.807) is 35.1 Å². The lowest BCUT2D eigenvalue weighted by molar-refractivity contribution is -0.137. The molecule has 8 heteroatoms. The van der Waals surface area contributed by atoms with E-state index in [0.717, 1.165) is 12.1 Å². The smallest absolute Gasteiger partial charge is 0.258 e. The van der Waals surface area contributed by atoms with Crippen molar-refractivity contribution in [3.8, 4) is 0 Å². The van der Waals surface area contributed by atoms with Gasteiger partial charge in [0.1, 0.15) is 5.82 Å². The number of hydrogen-bond acceptors (Lipinski definition) is 5. The van der Waals surface area contributed by atoms with Crippen LogP contribution in [0.15, 0.2) is 53.3 Å². The minimum atomic E-state index is -0.465. The highest BCUT2D eigenvalue weighted by Crippen LogP contribution is 2.27. The van der Waals surface area contributed by atoms with Gasteiger partial charge in [-0.1, -0.05) is 31.2 Å². The molecule has 0 radical (unpaired) electrons. The molecule has 2 heterocycles. The van der Waals surface area contributed by atoms with Gasteiger partial charge in [-0.25, -0.2) is 4.98 Å². The van der Waals surface area contributed by atoms with Gasteiger partial charge in [0.2, 0.25) is 11.8 Å². The lowest BCUT2D eigenvalue weighted by Gasteiger charge is -2.25. The van der Waals surface area contributed by atoms with Crippen LogP contribution in [-0.2, 0) is 27.3 Å². The predicted molar refractivity (Wildman–Crippen MR) is 126 cm³/mol. The van der Waals surface area contributed by atoms with Crippen molar-refractivity contribution in [2.24, 2.45) is 5.92 Å². The molecule has 0 spiro atoms. The van der Waals surface area contributed by atoms with Crippen LogP contribution in [0.4, 0.5) is 5.69 Å². The molecule has 1 saturated heterocycles. The van der Waals surface area contributed by atoms with Crippen LogP contribution in [-0.4, -0.2) is 53.5 Å². The van der Waals surface area contributed by atoms with Crippen LogP contribution < -0.4 is 10.5 Å². The summed E-state index contributed by atoms with van der Waals surface area (Å²) in [4.78, 5) is 49.1. The molecule has 33 heavy (non-hydrogen) atoms. The molecule has 1 aliphatic heterocycles. The fourth-order valence-electron chi connectivity index (χ4n) is 4.15. The maximum atomic E-state index is 13.4. The van der Waals surface area contributed by atoms with Gasteiger partial charge in [0.05, 0.1) is 30.0 Å². The van der Waals surface area contributed by atoms with E-state index in [2.05, 4.69) is 16.9 Å². The Kier molecular flexibility index (Phi) is 6.84. The first kappa shape index (κ1) is 22.7. The molecule has 1 aromatic heterocycles. The van der Waals surface area contributed by atoms with E-state index in [-0.39, 0.29) is 30.3 Å². The van der Waals surface area contributed by atoms with Gasteiger partial charge >= 0.3 is 0 Å². The zero-order valence-electron chi connectivity index (χ0n) is 18.9. The number of aromatic amines is 1. The molecule has 1 fully saturated rings. The Morgan fingerprint density at radius 3 is 2.67 bits per heavy atom. The molecule has 2 aromatic carbocycles. The molecule has 1 aliphatic rings. The summed E-state index contributed by atoms with van der Waals surface area (Å²) in [6, 6.07) is 14.9. The first-order valence-corrected chi connectivity index (χ1v) is 11.1. The van der Waals surface area contributed by atoms with E-state index in [4.69, 9.17) is 4.74 Å². The SMILES string of the molecule is CCc1ccc(N2CC(C(=O)N(CCOC)Cc3nc4ccccc4c(=O)[nH]3)CC2=O)cc1. The topological polar surface area (TPSA) is 95.6 Å². The fourth-order valence-corrected chi connectivity index (χ4v) is 4.15. The Balaban J connectivity index is 1.53. The molecule has 0 aliphatic carbocycles. The lowest BCUT2D eigenvalue weighted by Crippen LogP contribution is -2.39. The molecule has 1 N–H and O–H groups in total. The first-order valence-electron chi connectivity index (χ1n) is 11.1. The van der Waals surface area contributed by atoms with Crippen LogP contribution in [0.2, 0.25) is 0 Å². The molecular weight excluding hydrogens is 420 g/mol. The van der Waals surface area contributed by atoms with Gasteiger partial charge in [0, 0.05) is 32.3 Å². The van der Waals surface area contributed by atoms with Gasteiger partial charge in [-0.3, -0.25) is 14.4 Å². The Morgan fingerprint density at radius 2 is 1.94 bits per heavy atom. The Bertz CT molecular complexity index is 1210. The molecule has 1 unspecified atom stereocenters. The molecule has 3 aromatic rings. The number of methoxy groups -OCH3 is 1. The predicted octanol–water partition coefficient (Wildman–Crippen LogP) is 2.51. The van der Waals surface area contributed by atoms with Gasteiger partial charge in [0.25, 0.3) is 5.56 Å². The quantitative estimate of drug-likeness (QED) is 0.571. The summed E-state index contributed by atoms with van der Waals surface area (Å²) in [5.41, 5.74) is 2.33. The van der Waals surface area contributed by atoms with E-state index in [1.165, 1.54) is 5.56 Å². The number of H-pyrrole nitrogens is 1. The van der Waals surface area contributed by atoms with Crippen molar-refractivity contribution >= 4 is 28.4 Å². The normalized spacial score (nSPS) is 15.9. The van der Waals surface area contributed by atoms with Crippen molar-refractivity contribution in [3.05, 3.63) is 70.3 Å². The van der Waals surface area contributed by atoms with Crippen LogP contribution in [0.5, 0.6) is 0 Å². The second-order valence-corrected chi connectivity index (χ2v) is 8.21. The minimum absolute atomic E-state index is 0.0680. The van der Waals surface area contributed by atoms with Gasteiger partial charge in [-0.2, -0.15) is 0 Å². The fraction of sp³-hybridized carbons (Fsp3) is 0.360. The molecule has 8 nitrogen and oxygen atoms in total. The summed E-state index contributed by atoms with van der Waals surface area (Å²) in [6.07, 6.45) is 1.08. The van der Waals surface area contributed by atoms with Crippen LogP contribution in [0, 0.1) is 5.92 Å². The van der Waals surface area contributed by atoms with E-state index >= 15 is 0 Å². The summed E-state index contributed by atoms with van der Waals surface area (Å²) >= 11 is 0. The summed E-state index contributed by atoms with van der Waals surface area (Å²) < 4.78 is 5.19. The van der Waals surface area contributed by atoms with Crippen molar-refractivity contribution in [1.82, 2.24) is 14.9 Å². The standard InChI is InChI=1S/C25H28N4O4/c1-3-17-8-10-19(11-9-17)29-15-18(14-23(29)30)25(32)28(12-13-33-2)16-22-26-21-7-5-4-6-20(21)24(31)27-22/h4-11,18H,3,12-16H2,1-2H3,(H,26,27,31). The van der Waals surface area contributed by atoms with Gasteiger partial charge in [-0.05, 0) is 36.2 Å². The average Bonchev–Trinajstić information content (AvgIpc) is 3.23. The Labute approximate surface area is 192 Å². The molecule has 0 saturated carbocycles. The van der Waals surface area contributed by atoms with E-state index in [9.17, 15) is 14.4 Å². The first-order chi connectivity index (χ1) is 16.0. The number of anilines is 1. The molecule has 2 amide bonds. The van der Waals surface area contributed by atoms with Crippen LogP contribution in [0.25, 0.3) is 10.9 Å². The third kappa shape index (κ3) is 4.96. The van der Waals surface area contributed by atoms with Crippen LogP contribution >= 0.6 is 0 Å². The third-order valence-corrected chi connectivity index (χ3v) is 6.01. The number of hydrogen-bond donors (Lipinski definition) is 1. The zero-order chi connectivity index (χ0) is 23.4. The van der Waals surface area contributed by atoms with Gasteiger partial charge < -0.3 is 19.5 Å². The number of fused-ring (bicyclic) bond motifs is 1. The molecule has 0 bridgehead atoms. The summed E-state index contributed by atoms with van der Waals surface area (Å²) in [6.45, 7) is 3.22. The van der Waals surface area contributed by atoms with Gasteiger partial charge in [0.15, 0.2) is 0 Å². The van der Waals surface area contributed by atoms with E-state index in [0.29, 0.717) is 36.4 Å². The number of para-hydroxylation sites is 1. The monoisotopic (exact) mass is 448 g/mol. The van der Waals surface area contributed by atoms with E-state index < -0.39 is 5.92 Å². The molecular formula is C25H28N4O4. The second kappa shape index (κ2) is 9.95. The molecule has 172 valence electrons. The summed E-state index contributed by atoms with van der Waals surface area (Å²) in [5.74, 6) is -0.280. The van der Waals surface area contributed by atoms with Crippen LogP contribution in [0.1, 0.15) is 24.7 Å². The number of carbonyl (C=O) groups excluding carboxylic acids is 2. The lowest BCUT2D eigenvalue weighted by atomic mass is 10.1. The minimum Gasteiger partial charge on any atom is -0.383 e.